The molecule has 0 aliphatic rings. The van der Waals surface area contributed by atoms with Crippen molar-refractivity contribution in [2.24, 2.45) is 0 Å². The number of pyridine rings is 1. The molecule has 1 heterocycles. The molecule has 0 saturated heterocycles. The van der Waals surface area contributed by atoms with Crippen molar-refractivity contribution in [2.45, 2.75) is 33.6 Å². The molecule has 0 N–H and O–H groups in total. The first-order valence-corrected chi connectivity index (χ1v) is 5.12. The highest BCUT2D eigenvalue weighted by Crippen LogP contribution is 2.11. The Balaban J connectivity index is 2.77. The standard InChI is InChI=1S/C13H17NO/c1-9(2)5-6-13(15)12-7-10(3)14-11(4)8-12/h7-8H,1,5-6H2,2-4H3. The Morgan fingerprint density at radius 1 is 1.27 bits per heavy atom. The third-order valence-electron chi connectivity index (χ3n) is 2.18. The van der Waals surface area contributed by atoms with Gasteiger partial charge in [-0.15, -0.1) is 6.58 Å². The van der Waals surface area contributed by atoms with Crippen LogP contribution in [-0.4, -0.2) is 10.8 Å². The van der Waals surface area contributed by atoms with Gasteiger partial charge in [-0.25, -0.2) is 0 Å². The molecule has 0 radical (unpaired) electrons. The minimum Gasteiger partial charge on any atom is -0.294 e. The maximum absolute atomic E-state index is 11.8. The molecule has 0 saturated carbocycles. The molecule has 0 atom stereocenters. The fourth-order valence-electron chi connectivity index (χ4n) is 1.47. The summed E-state index contributed by atoms with van der Waals surface area (Å²) in [5.41, 5.74) is 3.61. The Labute approximate surface area is 91.0 Å². The second kappa shape index (κ2) is 4.87. The van der Waals surface area contributed by atoms with Gasteiger partial charge < -0.3 is 0 Å². The van der Waals surface area contributed by atoms with Crippen LogP contribution in [0.25, 0.3) is 0 Å². The highest BCUT2D eigenvalue weighted by molar-refractivity contribution is 5.96. The molecule has 2 nitrogen and oxygen atoms in total. The second-order valence-corrected chi connectivity index (χ2v) is 4.02. The fraction of sp³-hybridized carbons (Fsp3) is 0.385. The average Bonchev–Trinajstić information content (AvgIpc) is 2.12. The third-order valence-corrected chi connectivity index (χ3v) is 2.18. The van der Waals surface area contributed by atoms with Gasteiger partial charge in [0.2, 0.25) is 0 Å². The molecule has 15 heavy (non-hydrogen) atoms. The highest BCUT2D eigenvalue weighted by atomic mass is 16.1. The fourth-order valence-corrected chi connectivity index (χ4v) is 1.47. The summed E-state index contributed by atoms with van der Waals surface area (Å²) < 4.78 is 0. The summed E-state index contributed by atoms with van der Waals surface area (Å²) in [6.07, 6.45) is 1.30. The molecule has 1 aromatic heterocycles. The van der Waals surface area contributed by atoms with E-state index in [-0.39, 0.29) is 5.78 Å². The Bertz CT molecular complexity index is 373. The topological polar surface area (TPSA) is 30.0 Å². The predicted molar refractivity (Wildman–Crippen MR) is 62.1 cm³/mol. The van der Waals surface area contributed by atoms with E-state index in [1.165, 1.54) is 0 Å². The van der Waals surface area contributed by atoms with E-state index in [0.29, 0.717) is 6.42 Å². The number of carbonyl (C=O) groups is 1. The number of aromatic nitrogens is 1. The van der Waals surface area contributed by atoms with Gasteiger partial charge in [-0.05, 0) is 39.3 Å². The zero-order valence-corrected chi connectivity index (χ0v) is 9.63. The van der Waals surface area contributed by atoms with E-state index in [2.05, 4.69) is 11.6 Å². The first-order chi connectivity index (χ1) is 6.99. The lowest BCUT2D eigenvalue weighted by molar-refractivity contribution is 0.0982. The molecule has 2 heteroatoms. The van der Waals surface area contributed by atoms with Crippen molar-refractivity contribution in [3.8, 4) is 0 Å². The van der Waals surface area contributed by atoms with Crippen molar-refractivity contribution in [3.63, 3.8) is 0 Å². The summed E-state index contributed by atoms with van der Waals surface area (Å²) in [6.45, 7) is 9.54. The monoisotopic (exact) mass is 203 g/mol. The maximum atomic E-state index is 11.8. The van der Waals surface area contributed by atoms with Gasteiger partial charge in [-0.2, -0.15) is 0 Å². The average molecular weight is 203 g/mol. The Morgan fingerprint density at radius 2 is 1.80 bits per heavy atom. The lowest BCUT2D eigenvalue weighted by Gasteiger charge is -2.03. The van der Waals surface area contributed by atoms with E-state index >= 15 is 0 Å². The zero-order valence-electron chi connectivity index (χ0n) is 9.63. The summed E-state index contributed by atoms with van der Waals surface area (Å²) in [5, 5.41) is 0. The van der Waals surface area contributed by atoms with Crippen molar-refractivity contribution in [1.82, 2.24) is 4.98 Å². The number of aryl methyl sites for hydroxylation is 2. The number of rotatable bonds is 4. The predicted octanol–water partition coefficient (Wildman–Crippen LogP) is 3.24. The van der Waals surface area contributed by atoms with Gasteiger partial charge in [0.25, 0.3) is 0 Å². The van der Waals surface area contributed by atoms with E-state index in [9.17, 15) is 4.79 Å². The van der Waals surface area contributed by atoms with Gasteiger partial charge in [0, 0.05) is 23.4 Å². The summed E-state index contributed by atoms with van der Waals surface area (Å²) in [7, 11) is 0. The lowest BCUT2D eigenvalue weighted by atomic mass is 10.0. The van der Waals surface area contributed by atoms with Crippen LogP contribution >= 0.6 is 0 Å². The summed E-state index contributed by atoms with van der Waals surface area (Å²) in [6, 6.07) is 3.68. The minimum atomic E-state index is 0.173. The molecule has 0 bridgehead atoms. The Hall–Kier alpha value is -1.44. The molecule has 0 aliphatic carbocycles. The van der Waals surface area contributed by atoms with Gasteiger partial charge in [-0.1, -0.05) is 5.57 Å². The molecule has 0 unspecified atom stereocenters. The van der Waals surface area contributed by atoms with Gasteiger partial charge in [0.05, 0.1) is 0 Å². The van der Waals surface area contributed by atoms with Crippen LogP contribution < -0.4 is 0 Å². The van der Waals surface area contributed by atoms with Crippen LogP contribution in [0, 0.1) is 13.8 Å². The van der Waals surface area contributed by atoms with Crippen molar-refractivity contribution in [3.05, 3.63) is 41.2 Å². The van der Waals surface area contributed by atoms with E-state index in [1.807, 2.05) is 32.9 Å². The van der Waals surface area contributed by atoms with Crippen LogP contribution in [0.4, 0.5) is 0 Å². The quantitative estimate of drug-likeness (QED) is 0.555. The molecule has 80 valence electrons. The lowest BCUT2D eigenvalue weighted by Crippen LogP contribution is -2.01. The number of carbonyl (C=O) groups excluding carboxylic acids is 1. The van der Waals surface area contributed by atoms with Crippen LogP contribution in [0.5, 0.6) is 0 Å². The SMILES string of the molecule is C=C(C)CCC(=O)c1cc(C)nc(C)c1. The normalized spacial score (nSPS) is 10.1. The molecule has 0 spiro atoms. The molecular formula is C13H17NO. The highest BCUT2D eigenvalue weighted by Gasteiger charge is 2.07. The van der Waals surface area contributed by atoms with Crippen molar-refractivity contribution in [1.29, 1.82) is 0 Å². The number of hydrogen-bond donors (Lipinski definition) is 0. The molecule has 0 aromatic carbocycles. The zero-order chi connectivity index (χ0) is 11.4. The van der Waals surface area contributed by atoms with Crippen molar-refractivity contribution in [2.75, 3.05) is 0 Å². The molecule has 0 aliphatic heterocycles. The van der Waals surface area contributed by atoms with Gasteiger partial charge >= 0.3 is 0 Å². The van der Waals surface area contributed by atoms with Gasteiger partial charge in [-0.3, -0.25) is 9.78 Å². The third kappa shape index (κ3) is 3.66. The number of Topliss-reactive ketones (excluding diaryl/α,β-unsaturated/α-hetero) is 1. The van der Waals surface area contributed by atoms with Crippen LogP contribution in [0.3, 0.4) is 0 Å². The first kappa shape index (κ1) is 11.6. The van der Waals surface area contributed by atoms with E-state index in [4.69, 9.17) is 0 Å². The van der Waals surface area contributed by atoms with Crippen LogP contribution in [0.1, 0.15) is 41.5 Å². The van der Waals surface area contributed by atoms with Crippen molar-refractivity contribution < 1.29 is 4.79 Å². The molecule has 0 fully saturated rings. The number of nitrogens with zero attached hydrogens (tertiary/aromatic N) is 1. The van der Waals surface area contributed by atoms with Crippen LogP contribution in [-0.2, 0) is 0 Å². The maximum Gasteiger partial charge on any atom is 0.163 e. The smallest absolute Gasteiger partial charge is 0.163 e. The van der Waals surface area contributed by atoms with Gasteiger partial charge in [0.1, 0.15) is 0 Å². The Kier molecular flexibility index (Phi) is 3.78. The first-order valence-electron chi connectivity index (χ1n) is 5.12. The summed E-state index contributed by atoms with van der Waals surface area (Å²) in [5.74, 6) is 0.173. The van der Waals surface area contributed by atoms with E-state index in [0.717, 1.165) is 28.9 Å². The Morgan fingerprint density at radius 3 is 2.27 bits per heavy atom. The number of ketones is 1. The van der Waals surface area contributed by atoms with Crippen LogP contribution in [0.15, 0.2) is 24.3 Å². The van der Waals surface area contributed by atoms with Gasteiger partial charge in [0.15, 0.2) is 5.78 Å². The molecular weight excluding hydrogens is 186 g/mol. The molecule has 1 rings (SSSR count). The van der Waals surface area contributed by atoms with E-state index < -0.39 is 0 Å². The van der Waals surface area contributed by atoms with Crippen LogP contribution in [0.2, 0.25) is 0 Å². The number of hydrogen-bond acceptors (Lipinski definition) is 2. The summed E-state index contributed by atoms with van der Waals surface area (Å²) >= 11 is 0. The minimum absolute atomic E-state index is 0.173. The largest absolute Gasteiger partial charge is 0.294 e. The second-order valence-electron chi connectivity index (χ2n) is 4.02. The van der Waals surface area contributed by atoms with Crippen molar-refractivity contribution >= 4 is 5.78 Å². The van der Waals surface area contributed by atoms with E-state index in [1.54, 1.807) is 0 Å². The molecule has 0 amide bonds. The number of allylic oxidation sites excluding steroid dienone is 1. The summed E-state index contributed by atoms with van der Waals surface area (Å²) in [4.78, 5) is 16.0. The molecule has 1 aromatic rings.